The molecule has 0 aliphatic carbocycles. The summed E-state index contributed by atoms with van der Waals surface area (Å²) in [6, 6.07) is 8.80. The van der Waals surface area contributed by atoms with Crippen molar-refractivity contribution >= 4 is 29.6 Å². The molecule has 0 saturated carbocycles. The van der Waals surface area contributed by atoms with Crippen LogP contribution in [0.15, 0.2) is 42.0 Å². The Labute approximate surface area is 172 Å². The summed E-state index contributed by atoms with van der Waals surface area (Å²) in [6.07, 6.45) is 1.34. The number of benzene rings is 2. The molecule has 1 aliphatic heterocycles. The van der Waals surface area contributed by atoms with E-state index in [-0.39, 0.29) is 11.3 Å². The van der Waals surface area contributed by atoms with Gasteiger partial charge in [0.25, 0.3) is 11.8 Å². The van der Waals surface area contributed by atoms with E-state index >= 15 is 0 Å². The fourth-order valence-electron chi connectivity index (χ4n) is 3.04. The number of hydrogen-bond donors (Lipinski definition) is 1. The molecule has 0 aromatic heterocycles. The number of para-hydroxylation sites is 2. The standard InChI is InChI=1S/C21H20N2O7/c1-27-15-8-6-5-7-14(15)23-20(25)13(19(24)22-21(23)26)9-12-10-16(28-2)18(30-4)17(11-12)29-3/h5-11H,1-4H3,(H,22,24,26). The van der Waals surface area contributed by atoms with Gasteiger partial charge in [0.05, 0.1) is 34.1 Å². The second-order valence-electron chi connectivity index (χ2n) is 6.09. The van der Waals surface area contributed by atoms with Crippen molar-refractivity contribution in [3.05, 3.63) is 47.5 Å². The van der Waals surface area contributed by atoms with E-state index in [0.717, 1.165) is 4.90 Å². The second kappa shape index (κ2) is 8.56. The van der Waals surface area contributed by atoms with Crippen molar-refractivity contribution in [1.82, 2.24) is 5.32 Å². The molecular weight excluding hydrogens is 392 g/mol. The van der Waals surface area contributed by atoms with Gasteiger partial charge in [-0.05, 0) is 35.9 Å². The fraction of sp³-hybridized carbons (Fsp3) is 0.190. The van der Waals surface area contributed by atoms with Crippen LogP contribution in [0.4, 0.5) is 10.5 Å². The van der Waals surface area contributed by atoms with Crippen LogP contribution < -0.4 is 29.2 Å². The summed E-state index contributed by atoms with van der Waals surface area (Å²) in [6.45, 7) is 0. The summed E-state index contributed by atoms with van der Waals surface area (Å²) < 4.78 is 21.1. The molecule has 156 valence electrons. The minimum absolute atomic E-state index is 0.214. The number of ether oxygens (including phenoxy) is 4. The third kappa shape index (κ3) is 3.64. The molecule has 4 amide bonds. The summed E-state index contributed by atoms with van der Waals surface area (Å²) in [7, 11) is 5.79. The van der Waals surface area contributed by atoms with Crippen molar-refractivity contribution in [3.63, 3.8) is 0 Å². The summed E-state index contributed by atoms with van der Waals surface area (Å²) in [5.41, 5.74) is 0.415. The number of imide groups is 2. The molecule has 9 nitrogen and oxygen atoms in total. The van der Waals surface area contributed by atoms with E-state index in [1.165, 1.54) is 34.5 Å². The van der Waals surface area contributed by atoms with E-state index in [9.17, 15) is 14.4 Å². The Kier molecular flexibility index (Phi) is 5.91. The summed E-state index contributed by atoms with van der Waals surface area (Å²) >= 11 is 0. The zero-order valence-corrected chi connectivity index (χ0v) is 16.8. The third-order valence-corrected chi connectivity index (χ3v) is 4.43. The van der Waals surface area contributed by atoms with Crippen LogP contribution in [0, 0.1) is 0 Å². The van der Waals surface area contributed by atoms with Crippen molar-refractivity contribution in [1.29, 1.82) is 0 Å². The molecule has 30 heavy (non-hydrogen) atoms. The lowest BCUT2D eigenvalue weighted by molar-refractivity contribution is -0.122. The number of carbonyl (C=O) groups excluding carboxylic acids is 3. The lowest BCUT2D eigenvalue weighted by Gasteiger charge is -2.27. The van der Waals surface area contributed by atoms with E-state index in [2.05, 4.69) is 5.32 Å². The molecule has 2 aromatic rings. The zero-order valence-electron chi connectivity index (χ0n) is 16.8. The molecule has 3 rings (SSSR count). The van der Waals surface area contributed by atoms with Crippen LogP contribution in [-0.4, -0.2) is 46.3 Å². The van der Waals surface area contributed by atoms with Crippen molar-refractivity contribution < 1.29 is 33.3 Å². The van der Waals surface area contributed by atoms with Gasteiger partial charge in [0, 0.05) is 0 Å². The minimum atomic E-state index is -0.864. The number of nitrogens with zero attached hydrogens (tertiary/aromatic N) is 1. The monoisotopic (exact) mass is 412 g/mol. The predicted octanol–water partition coefficient (Wildman–Crippen LogP) is 2.39. The van der Waals surface area contributed by atoms with E-state index in [0.29, 0.717) is 28.6 Å². The molecule has 0 spiro atoms. The number of rotatable bonds is 6. The maximum absolute atomic E-state index is 13.1. The fourth-order valence-corrected chi connectivity index (χ4v) is 3.04. The molecule has 0 radical (unpaired) electrons. The van der Waals surface area contributed by atoms with Gasteiger partial charge in [-0.25, -0.2) is 9.69 Å². The maximum atomic E-state index is 13.1. The zero-order chi connectivity index (χ0) is 21.8. The average Bonchev–Trinajstić information content (AvgIpc) is 2.75. The predicted molar refractivity (Wildman–Crippen MR) is 108 cm³/mol. The van der Waals surface area contributed by atoms with Crippen molar-refractivity contribution in [3.8, 4) is 23.0 Å². The number of anilines is 1. The van der Waals surface area contributed by atoms with Crippen molar-refractivity contribution in [2.45, 2.75) is 0 Å². The second-order valence-corrected chi connectivity index (χ2v) is 6.09. The largest absolute Gasteiger partial charge is 0.495 e. The number of methoxy groups -OCH3 is 4. The van der Waals surface area contributed by atoms with Crippen LogP contribution in [-0.2, 0) is 9.59 Å². The topological polar surface area (TPSA) is 103 Å². The Morgan fingerprint density at radius 2 is 1.43 bits per heavy atom. The molecule has 2 aromatic carbocycles. The maximum Gasteiger partial charge on any atom is 0.336 e. The lowest BCUT2D eigenvalue weighted by atomic mass is 10.1. The first-order chi connectivity index (χ1) is 14.4. The van der Waals surface area contributed by atoms with Gasteiger partial charge in [-0.3, -0.25) is 14.9 Å². The molecule has 1 fully saturated rings. The molecule has 9 heteroatoms. The van der Waals surface area contributed by atoms with Gasteiger partial charge in [-0.2, -0.15) is 0 Å². The molecule has 0 bridgehead atoms. The highest BCUT2D eigenvalue weighted by atomic mass is 16.5. The summed E-state index contributed by atoms with van der Waals surface area (Å²) in [4.78, 5) is 38.8. The normalized spacial score (nSPS) is 15.1. The van der Waals surface area contributed by atoms with Gasteiger partial charge in [0.1, 0.15) is 11.3 Å². The number of amides is 4. The van der Waals surface area contributed by atoms with Gasteiger partial charge in [-0.15, -0.1) is 0 Å². The minimum Gasteiger partial charge on any atom is -0.495 e. The number of carbonyl (C=O) groups is 3. The van der Waals surface area contributed by atoms with Gasteiger partial charge >= 0.3 is 6.03 Å². The van der Waals surface area contributed by atoms with Gasteiger partial charge in [-0.1, -0.05) is 12.1 Å². The Hall–Kier alpha value is -4.01. The molecule has 0 unspecified atom stereocenters. The number of urea groups is 1. The Bertz CT molecular complexity index is 1020. The van der Waals surface area contributed by atoms with E-state index in [1.54, 1.807) is 36.4 Å². The molecular formula is C21H20N2O7. The summed E-state index contributed by atoms with van der Waals surface area (Å²) in [5, 5.41) is 2.18. The smallest absolute Gasteiger partial charge is 0.336 e. The number of hydrogen-bond acceptors (Lipinski definition) is 7. The molecule has 0 atom stereocenters. The number of nitrogens with one attached hydrogen (secondary N) is 1. The molecule has 1 N–H and O–H groups in total. The Morgan fingerprint density at radius 3 is 2.00 bits per heavy atom. The van der Waals surface area contributed by atoms with Crippen molar-refractivity contribution in [2.75, 3.05) is 33.3 Å². The SMILES string of the molecule is COc1ccccc1N1C(=O)NC(=O)C(=Cc2cc(OC)c(OC)c(OC)c2)C1=O. The van der Waals surface area contributed by atoms with Crippen LogP contribution >= 0.6 is 0 Å². The first-order valence-corrected chi connectivity index (χ1v) is 8.79. The van der Waals surface area contributed by atoms with Crippen LogP contribution in [0.1, 0.15) is 5.56 Å². The summed E-state index contributed by atoms with van der Waals surface area (Å²) in [5.74, 6) is -0.225. The highest BCUT2D eigenvalue weighted by molar-refractivity contribution is 6.39. The van der Waals surface area contributed by atoms with E-state index in [1.807, 2.05) is 0 Å². The first kappa shape index (κ1) is 20.7. The lowest BCUT2D eigenvalue weighted by Crippen LogP contribution is -2.54. The Morgan fingerprint density at radius 1 is 0.833 bits per heavy atom. The van der Waals surface area contributed by atoms with Gasteiger partial charge in [0.2, 0.25) is 5.75 Å². The third-order valence-electron chi connectivity index (χ3n) is 4.43. The van der Waals surface area contributed by atoms with Crippen LogP contribution in [0.5, 0.6) is 23.0 Å². The average molecular weight is 412 g/mol. The number of barbiturate groups is 1. The Balaban J connectivity index is 2.09. The van der Waals surface area contributed by atoms with Crippen molar-refractivity contribution in [2.24, 2.45) is 0 Å². The van der Waals surface area contributed by atoms with Crippen LogP contribution in [0.25, 0.3) is 6.08 Å². The van der Waals surface area contributed by atoms with Crippen LogP contribution in [0.2, 0.25) is 0 Å². The van der Waals surface area contributed by atoms with E-state index < -0.39 is 17.8 Å². The van der Waals surface area contributed by atoms with Gasteiger partial charge < -0.3 is 18.9 Å². The van der Waals surface area contributed by atoms with Gasteiger partial charge in [0.15, 0.2) is 11.5 Å². The van der Waals surface area contributed by atoms with E-state index in [4.69, 9.17) is 18.9 Å². The first-order valence-electron chi connectivity index (χ1n) is 8.79. The molecule has 1 aliphatic rings. The molecule has 1 heterocycles. The molecule has 1 saturated heterocycles. The van der Waals surface area contributed by atoms with Crippen LogP contribution in [0.3, 0.4) is 0 Å². The highest BCUT2D eigenvalue weighted by Gasteiger charge is 2.38. The quantitative estimate of drug-likeness (QED) is 0.574. The highest BCUT2D eigenvalue weighted by Crippen LogP contribution is 2.39.